The fourth-order valence-electron chi connectivity index (χ4n) is 3.70. The lowest BCUT2D eigenvalue weighted by Gasteiger charge is -2.18. The lowest BCUT2D eigenvalue weighted by Crippen LogP contribution is -2.41. The number of carbonyl (C=O) groups is 3. The first-order valence-electron chi connectivity index (χ1n) is 10.5. The van der Waals surface area contributed by atoms with Gasteiger partial charge < -0.3 is 20.3 Å². The molecule has 0 fully saturated rings. The van der Waals surface area contributed by atoms with Crippen LogP contribution in [-0.2, 0) is 16.6 Å². The number of ketones is 1. The Morgan fingerprint density at radius 3 is 2.52 bits per heavy atom. The maximum atomic E-state index is 13.3. The minimum Gasteiger partial charge on any atom is -0.481 e. The molecule has 0 saturated carbocycles. The van der Waals surface area contributed by atoms with E-state index in [9.17, 15) is 19.2 Å². The molecule has 1 aromatic carbocycles. The molecule has 0 aliphatic carbocycles. The van der Waals surface area contributed by atoms with E-state index in [0.29, 0.717) is 22.1 Å². The van der Waals surface area contributed by atoms with Crippen molar-refractivity contribution in [2.45, 2.75) is 32.7 Å². The second-order valence-electron chi connectivity index (χ2n) is 7.99. The number of carboxylic acids is 1. The van der Waals surface area contributed by atoms with Crippen molar-refractivity contribution < 1.29 is 19.5 Å². The van der Waals surface area contributed by atoms with E-state index in [1.807, 2.05) is 12.1 Å². The Morgan fingerprint density at radius 2 is 1.88 bits per heavy atom. The Kier molecular flexibility index (Phi) is 6.91. The lowest BCUT2D eigenvalue weighted by molar-refractivity contribution is -0.137. The van der Waals surface area contributed by atoms with E-state index >= 15 is 0 Å². The number of nitrogens with one attached hydrogen (secondary N) is 2. The zero-order valence-corrected chi connectivity index (χ0v) is 18.9. The molecule has 0 aliphatic heterocycles. The highest BCUT2D eigenvalue weighted by molar-refractivity contribution is 6.14. The van der Waals surface area contributed by atoms with E-state index in [0.717, 1.165) is 11.0 Å². The predicted octanol–water partition coefficient (Wildman–Crippen LogP) is 2.63. The smallest absolute Gasteiger partial charge is 0.303 e. The summed E-state index contributed by atoms with van der Waals surface area (Å²) in [6.07, 6.45) is 1.01. The van der Waals surface area contributed by atoms with Gasteiger partial charge in [-0.15, -0.1) is 0 Å². The summed E-state index contributed by atoms with van der Waals surface area (Å²) in [7, 11) is 3.19. The molecule has 0 saturated heterocycles. The highest BCUT2D eigenvalue weighted by atomic mass is 16.4. The monoisotopic (exact) mass is 450 g/mol. The standard InChI is InChI=1S/C24H26N4O5/c1-13(2)11-19(29)17(9-10-20(30)31)27-23(32)21-22-15(12-18(25-3)24(33)28(22)4)14-7-5-6-8-16(14)26-21/h5-8,11-12,17,25H,9-10H2,1-4H3,(H,27,32)(H,30,31). The third kappa shape index (κ3) is 4.92. The molecule has 3 N–H and O–H groups in total. The van der Waals surface area contributed by atoms with Crippen LogP contribution in [0.2, 0.25) is 0 Å². The molecular weight excluding hydrogens is 424 g/mol. The molecule has 1 unspecified atom stereocenters. The molecule has 0 radical (unpaired) electrons. The number of benzene rings is 1. The van der Waals surface area contributed by atoms with Gasteiger partial charge in [-0.3, -0.25) is 19.2 Å². The number of carboxylic acid groups (broad SMARTS) is 1. The molecule has 9 heteroatoms. The van der Waals surface area contributed by atoms with Crippen LogP contribution in [0, 0.1) is 0 Å². The first kappa shape index (κ1) is 23.6. The zero-order chi connectivity index (χ0) is 24.3. The normalized spacial score (nSPS) is 11.8. The number of fused-ring (bicyclic) bond motifs is 3. The molecule has 2 aromatic heterocycles. The van der Waals surface area contributed by atoms with Crippen molar-refractivity contribution in [3.8, 4) is 0 Å². The first-order valence-corrected chi connectivity index (χ1v) is 10.5. The van der Waals surface area contributed by atoms with Crippen LogP contribution >= 0.6 is 0 Å². The topological polar surface area (TPSA) is 130 Å². The number of hydrogen-bond donors (Lipinski definition) is 3. The SMILES string of the molecule is CNc1cc2c3ccccc3nc(C(=O)NC(CCC(=O)O)C(=O)C=C(C)C)c2n(C)c1=O. The van der Waals surface area contributed by atoms with Crippen LogP contribution in [0.1, 0.15) is 37.2 Å². The minimum atomic E-state index is -1.07. The third-order valence-corrected chi connectivity index (χ3v) is 5.28. The predicted molar refractivity (Wildman–Crippen MR) is 127 cm³/mol. The van der Waals surface area contributed by atoms with Crippen LogP contribution < -0.4 is 16.2 Å². The van der Waals surface area contributed by atoms with E-state index in [-0.39, 0.29) is 24.1 Å². The number of rotatable bonds is 8. The largest absolute Gasteiger partial charge is 0.481 e. The molecule has 33 heavy (non-hydrogen) atoms. The second kappa shape index (κ2) is 9.64. The van der Waals surface area contributed by atoms with E-state index in [2.05, 4.69) is 15.6 Å². The highest BCUT2D eigenvalue weighted by Gasteiger charge is 2.25. The van der Waals surface area contributed by atoms with Crippen molar-refractivity contribution in [1.82, 2.24) is 14.9 Å². The van der Waals surface area contributed by atoms with Crippen molar-refractivity contribution in [3.05, 3.63) is 58.0 Å². The van der Waals surface area contributed by atoms with E-state index in [1.54, 1.807) is 46.1 Å². The Morgan fingerprint density at radius 1 is 1.18 bits per heavy atom. The van der Waals surface area contributed by atoms with Crippen LogP contribution in [0.3, 0.4) is 0 Å². The van der Waals surface area contributed by atoms with Crippen molar-refractivity contribution in [2.75, 3.05) is 12.4 Å². The van der Waals surface area contributed by atoms with E-state index < -0.39 is 23.7 Å². The molecule has 3 aromatic rings. The van der Waals surface area contributed by atoms with Crippen molar-refractivity contribution in [3.63, 3.8) is 0 Å². The number of para-hydroxylation sites is 1. The van der Waals surface area contributed by atoms with Crippen LogP contribution in [0.25, 0.3) is 21.8 Å². The highest BCUT2D eigenvalue weighted by Crippen LogP contribution is 2.27. The zero-order valence-electron chi connectivity index (χ0n) is 18.9. The fourth-order valence-corrected chi connectivity index (χ4v) is 3.70. The van der Waals surface area contributed by atoms with Crippen LogP contribution in [0.4, 0.5) is 5.69 Å². The minimum absolute atomic E-state index is 0.0173. The summed E-state index contributed by atoms with van der Waals surface area (Å²) in [5, 5.41) is 16.0. The molecule has 172 valence electrons. The molecule has 9 nitrogen and oxygen atoms in total. The molecule has 3 rings (SSSR count). The van der Waals surface area contributed by atoms with Gasteiger partial charge in [0.15, 0.2) is 11.5 Å². The lowest BCUT2D eigenvalue weighted by atomic mass is 10.0. The van der Waals surface area contributed by atoms with Gasteiger partial charge in [-0.25, -0.2) is 4.98 Å². The Bertz CT molecular complexity index is 1350. The average molecular weight is 450 g/mol. The first-order chi connectivity index (χ1) is 15.6. The Hall–Kier alpha value is -4.01. The number of anilines is 1. The second-order valence-corrected chi connectivity index (χ2v) is 7.99. The molecule has 0 aliphatic rings. The molecule has 2 heterocycles. The third-order valence-electron chi connectivity index (χ3n) is 5.28. The number of allylic oxidation sites excluding steroid dienone is 1. The number of hydrogen-bond acceptors (Lipinski definition) is 6. The van der Waals surface area contributed by atoms with Gasteiger partial charge >= 0.3 is 5.97 Å². The summed E-state index contributed by atoms with van der Waals surface area (Å²) in [6.45, 7) is 3.48. The van der Waals surface area contributed by atoms with Crippen LogP contribution in [0.15, 0.2) is 46.8 Å². The van der Waals surface area contributed by atoms with Gasteiger partial charge in [-0.1, -0.05) is 23.8 Å². The van der Waals surface area contributed by atoms with Crippen molar-refractivity contribution >= 4 is 45.2 Å². The number of aromatic nitrogens is 2. The quantitative estimate of drug-likeness (QED) is 0.355. The van der Waals surface area contributed by atoms with Crippen LogP contribution in [0.5, 0.6) is 0 Å². The van der Waals surface area contributed by atoms with Gasteiger partial charge in [0.25, 0.3) is 11.5 Å². The van der Waals surface area contributed by atoms with Gasteiger partial charge in [-0.05, 0) is 38.5 Å². The summed E-state index contributed by atoms with van der Waals surface area (Å²) >= 11 is 0. The van der Waals surface area contributed by atoms with Crippen LogP contribution in [-0.4, -0.2) is 45.4 Å². The molecular formula is C24H26N4O5. The molecule has 0 bridgehead atoms. The fraction of sp³-hybridized carbons (Fsp3) is 0.292. The van der Waals surface area contributed by atoms with Crippen molar-refractivity contribution in [1.29, 1.82) is 0 Å². The summed E-state index contributed by atoms with van der Waals surface area (Å²) in [5.74, 6) is -2.14. The van der Waals surface area contributed by atoms with Gasteiger partial charge in [0.05, 0.1) is 17.1 Å². The number of nitrogens with zero attached hydrogens (tertiary/aromatic N) is 2. The summed E-state index contributed by atoms with van der Waals surface area (Å²) in [4.78, 5) is 54.3. The van der Waals surface area contributed by atoms with Gasteiger partial charge in [0.2, 0.25) is 0 Å². The maximum Gasteiger partial charge on any atom is 0.303 e. The van der Waals surface area contributed by atoms with Gasteiger partial charge in [0, 0.05) is 31.3 Å². The summed E-state index contributed by atoms with van der Waals surface area (Å²) < 4.78 is 1.35. The summed E-state index contributed by atoms with van der Waals surface area (Å²) in [6, 6.07) is 7.87. The number of aryl methyl sites for hydroxylation is 1. The van der Waals surface area contributed by atoms with Gasteiger partial charge in [-0.2, -0.15) is 0 Å². The molecule has 0 spiro atoms. The van der Waals surface area contributed by atoms with Crippen molar-refractivity contribution in [2.24, 2.45) is 7.05 Å². The van der Waals surface area contributed by atoms with Gasteiger partial charge in [0.1, 0.15) is 5.69 Å². The number of pyridine rings is 2. The number of amides is 1. The van der Waals surface area contributed by atoms with E-state index in [4.69, 9.17) is 5.11 Å². The molecule has 1 amide bonds. The Balaban J connectivity index is 2.18. The molecule has 1 atom stereocenters. The average Bonchev–Trinajstić information content (AvgIpc) is 2.77. The number of aliphatic carboxylic acids is 1. The van der Waals surface area contributed by atoms with E-state index in [1.165, 1.54) is 10.6 Å². The maximum absolute atomic E-state index is 13.3. The Labute approximate surface area is 190 Å². The number of carbonyl (C=O) groups excluding carboxylic acids is 2. The summed E-state index contributed by atoms with van der Waals surface area (Å²) in [5.41, 5.74) is 1.61.